The lowest BCUT2D eigenvalue weighted by Gasteiger charge is -1.66. The van der Waals surface area contributed by atoms with Gasteiger partial charge in [0.2, 0.25) is 0 Å². The van der Waals surface area contributed by atoms with E-state index in [2.05, 4.69) is 0 Å². The Morgan fingerprint density at radius 3 is 2.67 bits per heavy atom. The summed E-state index contributed by atoms with van der Waals surface area (Å²) in [7, 11) is 0. The summed E-state index contributed by atoms with van der Waals surface area (Å²) >= 11 is 0. The first-order valence-corrected chi connectivity index (χ1v) is 1.72. The molecule has 6 heavy (non-hydrogen) atoms. The van der Waals surface area contributed by atoms with Gasteiger partial charge in [-0.15, -0.1) is 0 Å². The largest absolute Gasteiger partial charge is 0.303 e. The Morgan fingerprint density at radius 2 is 2.50 bits per heavy atom. The maximum absolute atomic E-state index is 9.41. The van der Waals surface area contributed by atoms with Gasteiger partial charge >= 0.3 is 0 Å². The van der Waals surface area contributed by atoms with E-state index in [1.165, 1.54) is 0 Å². The second-order valence-corrected chi connectivity index (χ2v) is 0.863. The van der Waals surface area contributed by atoms with Gasteiger partial charge in [0.05, 0.1) is 6.07 Å². The average molecular weight is 84.1 g/mol. The zero-order valence-electron chi connectivity index (χ0n) is 3.35. The molecule has 0 aliphatic rings. The van der Waals surface area contributed by atoms with Crippen molar-refractivity contribution in [3.63, 3.8) is 0 Å². The van der Waals surface area contributed by atoms with E-state index in [0.717, 1.165) is 6.29 Å². The highest BCUT2D eigenvalue weighted by atomic mass is 16.1. The Bertz CT molecular complexity index is 72.1. The number of nitriles is 1. The fourth-order valence-electron chi connectivity index (χ4n) is 0.123. The van der Waals surface area contributed by atoms with Gasteiger partial charge in [0.1, 0.15) is 6.29 Å². The minimum Gasteiger partial charge on any atom is -0.303 e. The van der Waals surface area contributed by atoms with Crippen LogP contribution >= 0.6 is 0 Å². The molecule has 0 unspecified atom stereocenters. The van der Waals surface area contributed by atoms with Crippen molar-refractivity contribution in [2.75, 3.05) is 0 Å². The molecule has 0 bridgehead atoms. The lowest BCUT2D eigenvalue weighted by atomic mass is 10.6. The molecule has 32 valence electrons. The van der Waals surface area contributed by atoms with Crippen molar-refractivity contribution in [1.29, 1.82) is 5.26 Å². The predicted octanol–water partition coefficient (Wildman–Crippen LogP) is 0.489. The summed E-state index contributed by atoms with van der Waals surface area (Å²) in [6, 6.07) is 1.84. The zero-order valence-corrected chi connectivity index (χ0v) is 3.35. The predicted molar refractivity (Wildman–Crippen MR) is 20.9 cm³/mol. The first kappa shape index (κ1) is 5.16. The Morgan fingerprint density at radius 1 is 1.83 bits per heavy atom. The average Bonchev–Trinajstić information content (AvgIpc) is 1.61. The molecule has 0 radical (unpaired) electrons. The van der Waals surface area contributed by atoms with E-state index < -0.39 is 0 Å². The molecule has 0 fully saturated rings. The van der Waals surface area contributed by atoms with E-state index in [9.17, 15) is 4.79 Å². The highest BCUT2D eigenvalue weighted by Crippen LogP contribution is 1.75. The van der Waals surface area contributed by atoms with Crippen LogP contribution in [0.3, 0.4) is 0 Å². The van der Waals surface area contributed by atoms with Crippen molar-refractivity contribution in [2.45, 2.75) is 12.8 Å². The third-order valence-electron chi connectivity index (χ3n) is 0.374. The molecular weight excluding hydrogens is 79.0 g/mol. The maximum Gasteiger partial charge on any atom is 0.121 e. The Hall–Kier alpha value is -0.840. The van der Waals surface area contributed by atoms with Crippen LogP contribution in [0.5, 0.6) is 0 Å². The van der Waals surface area contributed by atoms with Gasteiger partial charge in [-0.05, 0) is 0 Å². The number of carbonyl (C=O) groups is 1. The van der Waals surface area contributed by atoms with Gasteiger partial charge in [0.25, 0.3) is 0 Å². The SMILES string of the molecule is N#C[13CH2]CC=O. The Balaban J connectivity index is 2.72. The van der Waals surface area contributed by atoms with Gasteiger partial charge in [0, 0.05) is 12.8 Å². The monoisotopic (exact) mass is 84.0 g/mol. The van der Waals surface area contributed by atoms with Gasteiger partial charge in [-0.1, -0.05) is 0 Å². The highest BCUT2D eigenvalue weighted by Gasteiger charge is 1.73. The van der Waals surface area contributed by atoms with Crippen LogP contribution in [0, 0.1) is 11.3 Å². The molecule has 0 aliphatic carbocycles. The van der Waals surface area contributed by atoms with Gasteiger partial charge in [-0.3, -0.25) is 0 Å². The normalized spacial score (nSPS) is 6.50. The van der Waals surface area contributed by atoms with Crippen LogP contribution in [0.25, 0.3) is 0 Å². The molecule has 0 heterocycles. The van der Waals surface area contributed by atoms with E-state index in [1.807, 2.05) is 6.07 Å². The van der Waals surface area contributed by atoms with Crippen molar-refractivity contribution < 1.29 is 4.79 Å². The number of carbonyl (C=O) groups excluding carboxylic acids is 1. The van der Waals surface area contributed by atoms with E-state index in [0.29, 0.717) is 12.8 Å². The molecule has 0 aliphatic heterocycles. The number of rotatable bonds is 2. The molecule has 0 aromatic carbocycles. The van der Waals surface area contributed by atoms with Gasteiger partial charge in [-0.25, -0.2) is 0 Å². The number of unbranched alkanes of at least 4 members (excludes halogenated alkanes) is 1. The van der Waals surface area contributed by atoms with E-state index >= 15 is 0 Å². The van der Waals surface area contributed by atoms with E-state index in [1.54, 1.807) is 0 Å². The molecule has 0 amide bonds. The number of aldehydes is 1. The smallest absolute Gasteiger partial charge is 0.121 e. The summed E-state index contributed by atoms with van der Waals surface area (Å²) in [5.74, 6) is 0. The van der Waals surface area contributed by atoms with Crippen LogP contribution in [0.4, 0.5) is 0 Å². The van der Waals surface area contributed by atoms with Crippen LogP contribution < -0.4 is 0 Å². The Labute approximate surface area is 36.4 Å². The summed E-state index contributed by atoms with van der Waals surface area (Å²) in [5.41, 5.74) is 0. The quantitative estimate of drug-likeness (QED) is 0.277. The van der Waals surface area contributed by atoms with E-state index in [-0.39, 0.29) is 0 Å². The minimum absolute atomic E-state index is 0.351. The number of nitrogens with zero attached hydrogens (tertiary/aromatic N) is 1. The molecule has 0 aromatic rings. The lowest BCUT2D eigenvalue weighted by molar-refractivity contribution is -0.107. The molecule has 2 heteroatoms. The summed E-state index contributed by atoms with van der Waals surface area (Å²) in [4.78, 5) is 9.41. The van der Waals surface area contributed by atoms with Crippen LogP contribution in [0.2, 0.25) is 0 Å². The third kappa shape index (κ3) is 3.16. The molecule has 0 atom stereocenters. The van der Waals surface area contributed by atoms with Crippen LogP contribution in [-0.2, 0) is 4.79 Å². The second-order valence-electron chi connectivity index (χ2n) is 0.863. The van der Waals surface area contributed by atoms with E-state index in [4.69, 9.17) is 5.26 Å². The van der Waals surface area contributed by atoms with Crippen LogP contribution in [-0.4, -0.2) is 6.29 Å². The highest BCUT2D eigenvalue weighted by molar-refractivity contribution is 5.49. The van der Waals surface area contributed by atoms with Gasteiger partial charge in [0.15, 0.2) is 0 Å². The van der Waals surface area contributed by atoms with Crippen molar-refractivity contribution in [3.05, 3.63) is 0 Å². The fraction of sp³-hybridized carbons (Fsp3) is 0.500. The second kappa shape index (κ2) is 4.16. The summed E-state index contributed by atoms with van der Waals surface area (Å²) in [5, 5.41) is 7.79. The molecule has 0 N–H and O–H groups in total. The molecular formula is C4H5NO. The first-order valence-electron chi connectivity index (χ1n) is 1.72. The molecule has 0 aromatic heterocycles. The van der Waals surface area contributed by atoms with Crippen molar-refractivity contribution >= 4 is 6.29 Å². The van der Waals surface area contributed by atoms with Crippen molar-refractivity contribution in [3.8, 4) is 6.07 Å². The fourth-order valence-corrected chi connectivity index (χ4v) is 0.123. The third-order valence-corrected chi connectivity index (χ3v) is 0.374. The molecule has 0 saturated carbocycles. The minimum atomic E-state index is 0.351. The van der Waals surface area contributed by atoms with Crippen molar-refractivity contribution in [2.24, 2.45) is 0 Å². The molecule has 2 nitrogen and oxygen atoms in total. The Kier molecular flexibility index (Phi) is 3.58. The summed E-state index contributed by atoms with van der Waals surface area (Å²) in [6.45, 7) is 0. The zero-order chi connectivity index (χ0) is 4.83. The first-order chi connectivity index (χ1) is 2.91. The van der Waals surface area contributed by atoms with Crippen molar-refractivity contribution in [1.82, 2.24) is 0 Å². The molecule has 0 spiro atoms. The van der Waals surface area contributed by atoms with Gasteiger partial charge in [-0.2, -0.15) is 5.26 Å². The van der Waals surface area contributed by atoms with Crippen LogP contribution in [0.15, 0.2) is 0 Å². The number of hydrogen-bond acceptors (Lipinski definition) is 2. The standard InChI is InChI=1S/C4H5NO/c5-3-1-2-4-6/h4H,1-2H2/i1+1. The summed E-state index contributed by atoms with van der Waals surface area (Å²) < 4.78 is 0. The molecule has 0 saturated heterocycles. The van der Waals surface area contributed by atoms with Gasteiger partial charge < -0.3 is 4.79 Å². The lowest BCUT2D eigenvalue weighted by Crippen LogP contribution is -1.67. The summed E-state index contributed by atoms with van der Waals surface area (Å²) in [6.07, 6.45) is 1.46. The topological polar surface area (TPSA) is 40.9 Å². The molecule has 0 rings (SSSR count). The maximum atomic E-state index is 9.41. The van der Waals surface area contributed by atoms with Crippen LogP contribution in [0.1, 0.15) is 12.8 Å². The number of hydrogen-bond donors (Lipinski definition) is 0.